The first-order valence-electron chi connectivity index (χ1n) is 9.00. The van der Waals surface area contributed by atoms with Gasteiger partial charge in [0.1, 0.15) is 0 Å². The summed E-state index contributed by atoms with van der Waals surface area (Å²) in [5, 5.41) is 12.6. The Hall–Kier alpha value is -2.08. The fourth-order valence-corrected chi connectivity index (χ4v) is 3.52. The summed E-state index contributed by atoms with van der Waals surface area (Å²) in [5.74, 6) is -1.18. The second kappa shape index (κ2) is 8.08. The van der Waals surface area contributed by atoms with E-state index in [-0.39, 0.29) is 30.1 Å². The molecule has 0 bridgehead atoms. The third-order valence-corrected chi connectivity index (χ3v) is 5.25. The van der Waals surface area contributed by atoms with Crippen LogP contribution in [0, 0.1) is 11.8 Å². The highest BCUT2D eigenvalue weighted by Crippen LogP contribution is 2.32. The maximum atomic E-state index is 12.7. The Balaban J connectivity index is 1.65. The fraction of sp³-hybridized carbons (Fsp3) is 0.526. The van der Waals surface area contributed by atoms with Gasteiger partial charge in [-0.1, -0.05) is 23.7 Å². The number of carbonyl (C=O) groups is 3. The average molecular weight is 379 g/mol. The number of hydrogen-bond acceptors (Lipinski definition) is 3. The molecule has 6 nitrogen and oxygen atoms in total. The van der Waals surface area contributed by atoms with Gasteiger partial charge in [-0.3, -0.25) is 14.4 Å². The molecule has 2 amide bonds. The minimum absolute atomic E-state index is 0.144. The monoisotopic (exact) mass is 378 g/mol. The van der Waals surface area contributed by atoms with Crippen molar-refractivity contribution in [2.24, 2.45) is 11.8 Å². The van der Waals surface area contributed by atoms with Crippen molar-refractivity contribution in [2.75, 3.05) is 13.1 Å². The summed E-state index contributed by atoms with van der Waals surface area (Å²) in [6.45, 7) is 1.12. The first kappa shape index (κ1) is 18.7. The zero-order valence-electron chi connectivity index (χ0n) is 14.5. The highest BCUT2D eigenvalue weighted by atomic mass is 35.5. The van der Waals surface area contributed by atoms with E-state index in [2.05, 4.69) is 5.32 Å². The maximum absolute atomic E-state index is 12.7. The second-order valence-electron chi connectivity index (χ2n) is 7.11. The molecule has 0 aromatic heterocycles. The summed E-state index contributed by atoms with van der Waals surface area (Å²) in [7, 11) is 0. The summed E-state index contributed by atoms with van der Waals surface area (Å²) in [4.78, 5) is 38.0. The first-order valence-corrected chi connectivity index (χ1v) is 9.38. The summed E-state index contributed by atoms with van der Waals surface area (Å²) in [6, 6.07) is 6.18. The number of likely N-dealkylation sites (tertiary alicyclic amines) is 1. The number of nitrogens with zero attached hydrogens (tertiary/aromatic N) is 1. The lowest BCUT2D eigenvalue weighted by Crippen LogP contribution is -2.46. The van der Waals surface area contributed by atoms with Gasteiger partial charge >= 0.3 is 5.97 Å². The first-order chi connectivity index (χ1) is 12.4. The van der Waals surface area contributed by atoms with Gasteiger partial charge in [-0.05, 0) is 43.4 Å². The van der Waals surface area contributed by atoms with E-state index in [0.717, 1.165) is 19.3 Å². The molecule has 2 atom stereocenters. The molecule has 1 heterocycles. The molecule has 26 heavy (non-hydrogen) atoms. The van der Waals surface area contributed by atoms with Crippen molar-refractivity contribution in [2.45, 2.75) is 38.1 Å². The van der Waals surface area contributed by atoms with E-state index in [9.17, 15) is 19.5 Å². The van der Waals surface area contributed by atoms with Crippen LogP contribution >= 0.6 is 11.6 Å². The smallest absolute Gasteiger partial charge is 0.305 e. The number of carboxylic acids is 1. The van der Waals surface area contributed by atoms with Crippen molar-refractivity contribution < 1.29 is 19.5 Å². The molecule has 7 heteroatoms. The Labute approximate surface area is 157 Å². The summed E-state index contributed by atoms with van der Waals surface area (Å²) in [6.07, 6.45) is 3.19. The van der Waals surface area contributed by atoms with Gasteiger partial charge in [0.15, 0.2) is 0 Å². The summed E-state index contributed by atoms with van der Waals surface area (Å²) < 4.78 is 0. The van der Waals surface area contributed by atoms with Crippen LogP contribution in [0.25, 0.3) is 0 Å². The molecule has 1 saturated carbocycles. The summed E-state index contributed by atoms with van der Waals surface area (Å²) >= 11 is 5.88. The van der Waals surface area contributed by atoms with Crippen molar-refractivity contribution in [1.29, 1.82) is 0 Å². The van der Waals surface area contributed by atoms with Crippen molar-refractivity contribution in [3.63, 3.8) is 0 Å². The molecule has 1 aromatic carbocycles. The molecule has 1 unspecified atom stereocenters. The van der Waals surface area contributed by atoms with Crippen molar-refractivity contribution in [1.82, 2.24) is 10.2 Å². The number of nitrogens with one attached hydrogen (secondary N) is 1. The van der Waals surface area contributed by atoms with Crippen LogP contribution in [0.4, 0.5) is 0 Å². The van der Waals surface area contributed by atoms with Gasteiger partial charge in [0.25, 0.3) is 0 Å². The SMILES string of the molecule is O=C(O)C[C@H](NC(=O)C1CCCN(C(=O)C2CC2)C1)c1ccc(Cl)cc1. The lowest BCUT2D eigenvalue weighted by Gasteiger charge is -2.33. The van der Waals surface area contributed by atoms with Crippen LogP contribution < -0.4 is 5.32 Å². The molecule has 2 aliphatic rings. The van der Waals surface area contributed by atoms with Gasteiger partial charge in [0.2, 0.25) is 11.8 Å². The summed E-state index contributed by atoms with van der Waals surface area (Å²) in [5.41, 5.74) is 0.701. The lowest BCUT2D eigenvalue weighted by atomic mass is 9.95. The highest BCUT2D eigenvalue weighted by Gasteiger charge is 2.37. The molecule has 1 aromatic rings. The molecule has 0 spiro atoms. The number of hydrogen-bond donors (Lipinski definition) is 2. The van der Waals surface area contributed by atoms with E-state index in [1.165, 1.54) is 0 Å². The third-order valence-electron chi connectivity index (χ3n) is 5.00. The van der Waals surface area contributed by atoms with Crippen molar-refractivity contribution >= 4 is 29.4 Å². The van der Waals surface area contributed by atoms with E-state index >= 15 is 0 Å². The molecule has 1 aliphatic heterocycles. The normalized spacial score (nSPS) is 21.1. The molecule has 2 fully saturated rings. The standard InChI is InChI=1S/C19H23ClN2O4/c20-15-7-5-12(6-8-15)16(10-17(23)24)21-18(25)14-2-1-9-22(11-14)19(26)13-3-4-13/h5-8,13-14,16H,1-4,9-11H2,(H,21,25)(H,23,24)/t14?,16-/m0/s1. The molecule has 1 saturated heterocycles. The predicted molar refractivity (Wildman–Crippen MR) is 96.6 cm³/mol. The number of rotatable bonds is 6. The Morgan fingerprint density at radius 1 is 1.15 bits per heavy atom. The molecule has 140 valence electrons. The van der Waals surface area contributed by atoms with Crippen LogP contribution in [0.1, 0.15) is 43.7 Å². The van der Waals surface area contributed by atoms with Gasteiger partial charge in [0, 0.05) is 24.0 Å². The quantitative estimate of drug-likeness (QED) is 0.796. The van der Waals surface area contributed by atoms with E-state index in [1.54, 1.807) is 29.2 Å². The number of carbonyl (C=O) groups excluding carboxylic acids is 2. The lowest BCUT2D eigenvalue weighted by molar-refractivity contribution is -0.138. The van der Waals surface area contributed by atoms with Crippen molar-refractivity contribution in [3.05, 3.63) is 34.9 Å². The van der Waals surface area contributed by atoms with E-state index in [4.69, 9.17) is 11.6 Å². The van der Waals surface area contributed by atoms with Crippen molar-refractivity contribution in [3.8, 4) is 0 Å². The number of halogens is 1. The third kappa shape index (κ3) is 4.75. The van der Waals surface area contributed by atoms with E-state index in [0.29, 0.717) is 30.1 Å². The molecule has 1 aliphatic carbocycles. The van der Waals surface area contributed by atoms with Gasteiger partial charge in [-0.15, -0.1) is 0 Å². The number of benzene rings is 1. The van der Waals surface area contributed by atoms with Crippen LogP contribution in [-0.4, -0.2) is 40.9 Å². The second-order valence-corrected chi connectivity index (χ2v) is 7.54. The van der Waals surface area contributed by atoms with Gasteiger partial charge in [-0.25, -0.2) is 0 Å². The Morgan fingerprint density at radius 2 is 1.85 bits per heavy atom. The van der Waals surface area contributed by atoms with Gasteiger partial charge in [-0.2, -0.15) is 0 Å². The Kier molecular flexibility index (Phi) is 5.81. The van der Waals surface area contributed by atoms with Gasteiger partial charge < -0.3 is 15.3 Å². The van der Waals surface area contributed by atoms with E-state index < -0.39 is 12.0 Å². The van der Waals surface area contributed by atoms with Gasteiger partial charge in [0.05, 0.1) is 18.4 Å². The molecular formula is C19H23ClN2O4. The number of amides is 2. The predicted octanol–water partition coefficient (Wildman–Crippen LogP) is 2.62. The van der Waals surface area contributed by atoms with Crippen LogP contribution in [0.3, 0.4) is 0 Å². The minimum atomic E-state index is -0.987. The molecule has 3 rings (SSSR count). The van der Waals surface area contributed by atoms with Crippen LogP contribution in [0.15, 0.2) is 24.3 Å². The highest BCUT2D eigenvalue weighted by molar-refractivity contribution is 6.30. The average Bonchev–Trinajstić information content (AvgIpc) is 3.46. The molecular weight excluding hydrogens is 356 g/mol. The van der Waals surface area contributed by atoms with E-state index in [1.807, 2.05) is 0 Å². The number of aliphatic carboxylic acids is 1. The fourth-order valence-electron chi connectivity index (χ4n) is 3.39. The molecule has 0 radical (unpaired) electrons. The largest absolute Gasteiger partial charge is 0.481 e. The van der Waals surface area contributed by atoms with Crippen LogP contribution in [0.5, 0.6) is 0 Å². The zero-order chi connectivity index (χ0) is 18.7. The maximum Gasteiger partial charge on any atom is 0.305 e. The zero-order valence-corrected chi connectivity index (χ0v) is 15.2. The number of piperidine rings is 1. The number of carboxylic acid groups (broad SMARTS) is 1. The Morgan fingerprint density at radius 3 is 2.46 bits per heavy atom. The minimum Gasteiger partial charge on any atom is -0.481 e. The Bertz CT molecular complexity index is 687. The van der Waals surface area contributed by atoms with Crippen LogP contribution in [0.2, 0.25) is 5.02 Å². The topological polar surface area (TPSA) is 86.7 Å². The van der Waals surface area contributed by atoms with Crippen LogP contribution in [-0.2, 0) is 14.4 Å². The molecule has 2 N–H and O–H groups in total.